The summed E-state index contributed by atoms with van der Waals surface area (Å²) in [7, 11) is 0. The van der Waals surface area contributed by atoms with Gasteiger partial charge in [0.15, 0.2) is 0 Å². The van der Waals surface area contributed by atoms with Gasteiger partial charge in [0.05, 0.1) is 5.56 Å². The van der Waals surface area contributed by atoms with Gasteiger partial charge in [-0.2, -0.15) is 5.26 Å². The van der Waals surface area contributed by atoms with Crippen molar-refractivity contribution in [2.75, 3.05) is 5.33 Å². The molecule has 0 aliphatic heterocycles. The predicted molar refractivity (Wildman–Crippen MR) is 61.0 cm³/mol. The van der Waals surface area contributed by atoms with Gasteiger partial charge in [-0.1, -0.05) is 22.0 Å². The van der Waals surface area contributed by atoms with Gasteiger partial charge in [-0.25, -0.2) is 0 Å². The maximum atomic E-state index is 8.70. The number of hydrogen-bond donors (Lipinski definition) is 0. The molecule has 3 heteroatoms. The van der Waals surface area contributed by atoms with Crippen molar-refractivity contribution < 1.29 is 0 Å². The normalized spacial score (nSPS) is 9.62. The summed E-state index contributed by atoms with van der Waals surface area (Å²) in [5.41, 5.74) is 1.97. The average molecular weight is 303 g/mol. The summed E-state index contributed by atoms with van der Waals surface area (Å²) in [6, 6.07) is 8.00. The number of halogens is 2. The van der Waals surface area contributed by atoms with Gasteiger partial charge in [-0.15, -0.1) is 0 Å². The number of benzene rings is 1. The number of nitrogens with zero attached hydrogens (tertiary/aromatic N) is 1. The van der Waals surface area contributed by atoms with Crippen LogP contribution in [0.25, 0.3) is 0 Å². The Balaban J connectivity index is 2.79. The molecule has 0 saturated heterocycles. The Hall–Kier alpha value is -0.330. The van der Waals surface area contributed by atoms with Crippen molar-refractivity contribution in [2.45, 2.75) is 12.8 Å². The third kappa shape index (κ3) is 3.13. The minimum atomic E-state index is 0.697. The Labute approximate surface area is 95.0 Å². The second-order valence-corrected chi connectivity index (χ2v) is 4.37. The summed E-state index contributed by atoms with van der Waals surface area (Å²) < 4.78 is 0.891. The van der Waals surface area contributed by atoms with E-state index in [0.717, 1.165) is 22.6 Å². The summed E-state index contributed by atoms with van der Waals surface area (Å²) in [6.07, 6.45) is 2.17. The van der Waals surface area contributed by atoms with E-state index in [4.69, 9.17) is 5.26 Å². The van der Waals surface area contributed by atoms with Gasteiger partial charge in [0.2, 0.25) is 0 Å². The summed E-state index contributed by atoms with van der Waals surface area (Å²) in [4.78, 5) is 0. The topological polar surface area (TPSA) is 23.8 Å². The third-order valence-electron chi connectivity index (χ3n) is 1.75. The second kappa shape index (κ2) is 5.41. The van der Waals surface area contributed by atoms with Gasteiger partial charge in [-0.05, 0) is 46.5 Å². The van der Waals surface area contributed by atoms with Gasteiger partial charge < -0.3 is 0 Å². The monoisotopic (exact) mass is 301 g/mol. The zero-order chi connectivity index (χ0) is 9.68. The van der Waals surface area contributed by atoms with Crippen molar-refractivity contribution in [2.24, 2.45) is 0 Å². The first kappa shape index (κ1) is 10.7. The molecule has 0 atom stereocenters. The largest absolute Gasteiger partial charge is 0.192 e. The quantitative estimate of drug-likeness (QED) is 0.782. The van der Waals surface area contributed by atoms with E-state index in [1.165, 1.54) is 5.56 Å². The minimum absolute atomic E-state index is 0.697. The van der Waals surface area contributed by atoms with E-state index < -0.39 is 0 Å². The molecule has 0 spiro atoms. The molecule has 0 aliphatic rings. The first-order valence-electron chi connectivity index (χ1n) is 4.02. The Kier molecular flexibility index (Phi) is 4.47. The Morgan fingerprint density at radius 3 is 2.69 bits per heavy atom. The molecule has 0 bridgehead atoms. The van der Waals surface area contributed by atoms with Crippen molar-refractivity contribution in [1.29, 1.82) is 5.26 Å². The fraction of sp³-hybridized carbons (Fsp3) is 0.300. The lowest BCUT2D eigenvalue weighted by Crippen LogP contribution is -1.87. The maximum absolute atomic E-state index is 8.70. The minimum Gasteiger partial charge on any atom is -0.192 e. The van der Waals surface area contributed by atoms with Gasteiger partial charge in [-0.3, -0.25) is 0 Å². The van der Waals surface area contributed by atoms with E-state index in [1.54, 1.807) is 0 Å². The molecular formula is C10H9Br2N. The predicted octanol–water partition coefficient (Wildman–Crippen LogP) is 3.65. The molecule has 1 aromatic rings. The van der Waals surface area contributed by atoms with E-state index in [2.05, 4.69) is 37.9 Å². The van der Waals surface area contributed by atoms with Crippen molar-refractivity contribution in [3.8, 4) is 6.07 Å². The van der Waals surface area contributed by atoms with Gasteiger partial charge in [0.25, 0.3) is 0 Å². The molecule has 0 fully saturated rings. The van der Waals surface area contributed by atoms with Crippen LogP contribution >= 0.6 is 31.9 Å². The molecule has 0 unspecified atom stereocenters. The molecule has 0 aliphatic carbocycles. The number of nitriles is 1. The number of rotatable bonds is 3. The smallest absolute Gasteiger partial charge is 0.100 e. The van der Waals surface area contributed by atoms with Crippen LogP contribution in [0.1, 0.15) is 17.5 Å². The molecule has 1 rings (SSSR count). The van der Waals surface area contributed by atoms with Crippen molar-refractivity contribution >= 4 is 31.9 Å². The lowest BCUT2D eigenvalue weighted by Gasteiger charge is -2.01. The zero-order valence-corrected chi connectivity index (χ0v) is 10.2. The van der Waals surface area contributed by atoms with E-state index in [1.807, 2.05) is 18.2 Å². The lowest BCUT2D eigenvalue weighted by atomic mass is 10.1. The van der Waals surface area contributed by atoms with Crippen LogP contribution in [0.3, 0.4) is 0 Å². The van der Waals surface area contributed by atoms with Crippen LogP contribution < -0.4 is 0 Å². The van der Waals surface area contributed by atoms with Gasteiger partial charge in [0, 0.05) is 9.80 Å². The summed E-state index contributed by atoms with van der Waals surface area (Å²) >= 11 is 6.75. The molecule has 1 nitrogen and oxygen atoms in total. The van der Waals surface area contributed by atoms with E-state index >= 15 is 0 Å². The van der Waals surface area contributed by atoms with E-state index in [9.17, 15) is 0 Å². The van der Waals surface area contributed by atoms with Gasteiger partial charge >= 0.3 is 0 Å². The first-order valence-corrected chi connectivity index (χ1v) is 5.94. The number of hydrogen-bond acceptors (Lipinski definition) is 1. The highest BCUT2D eigenvalue weighted by atomic mass is 79.9. The number of aryl methyl sites for hydroxylation is 1. The fourth-order valence-electron chi connectivity index (χ4n) is 1.08. The Morgan fingerprint density at radius 2 is 2.15 bits per heavy atom. The molecule has 13 heavy (non-hydrogen) atoms. The SMILES string of the molecule is N#Cc1ccc(CCCBr)cc1Br. The Bertz CT molecular complexity index is 328. The summed E-state index contributed by atoms with van der Waals surface area (Å²) in [5.74, 6) is 0. The van der Waals surface area contributed by atoms with Crippen LogP contribution in [0.2, 0.25) is 0 Å². The lowest BCUT2D eigenvalue weighted by molar-refractivity contribution is 0.938. The molecule has 0 amide bonds. The summed E-state index contributed by atoms with van der Waals surface area (Å²) in [6.45, 7) is 0. The van der Waals surface area contributed by atoms with Crippen LogP contribution in [0, 0.1) is 11.3 Å². The highest BCUT2D eigenvalue weighted by Gasteiger charge is 1.99. The van der Waals surface area contributed by atoms with Crippen LogP contribution in [-0.2, 0) is 6.42 Å². The molecule has 0 N–H and O–H groups in total. The molecule has 0 saturated carbocycles. The molecule has 68 valence electrons. The van der Waals surface area contributed by atoms with E-state index in [0.29, 0.717) is 5.56 Å². The standard InChI is InChI=1S/C10H9Br2N/c11-5-1-2-8-3-4-9(7-13)10(12)6-8/h3-4,6H,1-2,5H2. The van der Waals surface area contributed by atoms with E-state index in [-0.39, 0.29) is 0 Å². The van der Waals surface area contributed by atoms with Gasteiger partial charge in [0.1, 0.15) is 6.07 Å². The molecule has 0 aromatic heterocycles. The summed E-state index contributed by atoms with van der Waals surface area (Å²) in [5, 5.41) is 9.72. The van der Waals surface area contributed by atoms with Crippen LogP contribution in [0.5, 0.6) is 0 Å². The van der Waals surface area contributed by atoms with Crippen molar-refractivity contribution in [1.82, 2.24) is 0 Å². The fourth-order valence-corrected chi connectivity index (χ4v) is 1.87. The highest BCUT2D eigenvalue weighted by molar-refractivity contribution is 9.10. The van der Waals surface area contributed by atoms with Crippen LogP contribution in [0.15, 0.2) is 22.7 Å². The zero-order valence-electron chi connectivity index (χ0n) is 7.06. The second-order valence-electron chi connectivity index (χ2n) is 2.72. The maximum Gasteiger partial charge on any atom is 0.100 e. The van der Waals surface area contributed by atoms with Crippen LogP contribution in [0.4, 0.5) is 0 Å². The number of alkyl halides is 1. The molecule has 1 aromatic carbocycles. The van der Waals surface area contributed by atoms with Crippen LogP contribution in [-0.4, -0.2) is 5.33 Å². The van der Waals surface area contributed by atoms with Crippen molar-refractivity contribution in [3.63, 3.8) is 0 Å². The highest BCUT2D eigenvalue weighted by Crippen LogP contribution is 2.18. The molecule has 0 heterocycles. The van der Waals surface area contributed by atoms with Crippen molar-refractivity contribution in [3.05, 3.63) is 33.8 Å². The Morgan fingerprint density at radius 1 is 1.38 bits per heavy atom. The first-order chi connectivity index (χ1) is 6.27. The average Bonchev–Trinajstić information content (AvgIpc) is 2.15. The molecular weight excluding hydrogens is 294 g/mol. The third-order valence-corrected chi connectivity index (χ3v) is 2.97. The molecule has 0 radical (unpaired) electrons.